The van der Waals surface area contributed by atoms with Crippen molar-refractivity contribution in [1.82, 2.24) is 10.3 Å². The topological polar surface area (TPSA) is 38.1 Å². The summed E-state index contributed by atoms with van der Waals surface area (Å²) < 4.78 is 5.84. The second-order valence-electron chi connectivity index (χ2n) is 5.65. The summed E-state index contributed by atoms with van der Waals surface area (Å²) in [6.45, 7) is 7.34. The highest BCUT2D eigenvalue weighted by Gasteiger charge is 2.22. The summed E-state index contributed by atoms with van der Waals surface area (Å²) in [7, 11) is 0. The summed E-state index contributed by atoms with van der Waals surface area (Å²) >= 11 is 0. The van der Waals surface area contributed by atoms with E-state index in [0.717, 1.165) is 24.1 Å². The maximum Gasteiger partial charge on any atom is 0.208 e. The van der Waals surface area contributed by atoms with Crippen LogP contribution in [0.5, 0.6) is 0 Å². The molecule has 96 valence electrons. The van der Waals surface area contributed by atoms with Crippen LogP contribution in [-0.4, -0.2) is 11.0 Å². The lowest BCUT2D eigenvalue weighted by atomic mass is 9.82. The van der Waals surface area contributed by atoms with Crippen LogP contribution in [0.3, 0.4) is 0 Å². The molecule has 1 saturated carbocycles. The third-order valence-electron chi connectivity index (χ3n) is 3.65. The largest absolute Gasteiger partial charge is 0.444 e. The minimum absolute atomic E-state index is 0.473. The minimum atomic E-state index is 0.473. The van der Waals surface area contributed by atoms with E-state index in [9.17, 15) is 0 Å². The first-order valence-electron chi connectivity index (χ1n) is 6.83. The van der Waals surface area contributed by atoms with E-state index >= 15 is 0 Å². The monoisotopic (exact) mass is 236 g/mol. The Kier molecular flexibility index (Phi) is 4.21. The molecule has 0 aromatic carbocycles. The molecule has 1 aliphatic rings. The van der Waals surface area contributed by atoms with E-state index in [1.807, 2.05) is 6.20 Å². The maximum absolute atomic E-state index is 5.84. The maximum atomic E-state index is 5.84. The van der Waals surface area contributed by atoms with Crippen LogP contribution in [0.1, 0.15) is 64.0 Å². The van der Waals surface area contributed by atoms with Crippen LogP contribution in [0.4, 0.5) is 0 Å². The molecule has 0 unspecified atom stereocenters. The first-order valence-corrected chi connectivity index (χ1v) is 6.83. The Morgan fingerprint density at radius 1 is 1.35 bits per heavy atom. The molecule has 1 N–H and O–H groups in total. The van der Waals surface area contributed by atoms with Gasteiger partial charge in [-0.15, -0.1) is 0 Å². The Hall–Kier alpha value is -0.830. The van der Waals surface area contributed by atoms with E-state index in [2.05, 4.69) is 31.1 Å². The van der Waals surface area contributed by atoms with Crippen molar-refractivity contribution in [1.29, 1.82) is 0 Å². The molecule has 0 amide bonds. The molecule has 0 atom stereocenters. The van der Waals surface area contributed by atoms with E-state index in [1.165, 1.54) is 25.7 Å². The van der Waals surface area contributed by atoms with E-state index < -0.39 is 0 Å². The fourth-order valence-electron chi connectivity index (χ4n) is 2.43. The molecular weight excluding hydrogens is 212 g/mol. The number of rotatable bonds is 4. The van der Waals surface area contributed by atoms with Crippen molar-refractivity contribution < 1.29 is 4.42 Å². The van der Waals surface area contributed by atoms with Crippen LogP contribution in [0.15, 0.2) is 10.6 Å². The SMILES string of the molecule is CC1CCC(c2cnc(CNC(C)C)o2)CC1. The standard InChI is InChI=1S/C14H24N2O/c1-10(2)15-9-14-16-8-13(17-14)12-6-4-11(3)5-7-12/h8,10-12,15H,4-7,9H2,1-3H3. The van der Waals surface area contributed by atoms with Gasteiger partial charge in [0.05, 0.1) is 12.7 Å². The van der Waals surface area contributed by atoms with Gasteiger partial charge in [-0.05, 0) is 18.8 Å². The summed E-state index contributed by atoms with van der Waals surface area (Å²) in [5.41, 5.74) is 0. The van der Waals surface area contributed by atoms with Gasteiger partial charge in [0.25, 0.3) is 0 Å². The molecule has 3 nitrogen and oxygen atoms in total. The molecule has 0 spiro atoms. The lowest BCUT2D eigenvalue weighted by Gasteiger charge is -2.24. The zero-order valence-corrected chi connectivity index (χ0v) is 11.2. The average Bonchev–Trinajstić information content (AvgIpc) is 2.76. The van der Waals surface area contributed by atoms with Gasteiger partial charge in [0.2, 0.25) is 5.89 Å². The fourth-order valence-corrected chi connectivity index (χ4v) is 2.43. The Balaban J connectivity index is 1.89. The van der Waals surface area contributed by atoms with Crippen LogP contribution >= 0.6 is 0 Å². The molecule has 1 aromatic rings. The number of hydrogen-bond donors (Lipinski definition) is 1. The Bertz CT molecular complexity index is 338. The molecule has 17 heavy (non-hydrogen) atoms. The van der Waals surface area contributed by atoms with Gasteiger partial charge in [-0.1, -0.05) is 33.6 Å². The molecule has 1 aliphatic carbocycles. The van der Waals surface area contributed by atoms with E-state index in [-0.39, 0.29) is 0 Å². The molecule has 1 aromatic heterocycles. The van der Waals surface area contributed by atoms with Crippen molar-refractivity contribution in [2.24, 2.45) is 5.92 Å². The molecule has 1 heterocycles. The minimum Gasteiger partial charge on any atom is -0.444 e. The van der Waals surface area contributed by atoms with Gasteiger partial charge in [-0.25, -0.2) is 4.98 Å². The fraction of sp³-hybridized carbons (Fsp3) is 0.786. The van der Waals surface area contributed by atoms with Crippen molar-refractivity contribution in [3.8, 4) is 0 Å². The Labute approximate surface area is 104 Å². The summed E-state index contributed by atoms with van der Waals surface area (Å²) in [5.74, 6) is 3.41. The van der Waals surface area contributed by atoms with Gasteiger partial charge in [0.15, 0.2) is 0 Å². The smallest absolute Gasteiger partial charge is 0.208 e. The lowest BCUT2D eigenvalue weighted by molar-refractivity contribution is 0.306. The van der Waals surface area contributed by atoms with E-state index in [4.69, 9.17) is 4.42 Å². The normalized spacial score (nSPS) is 25.4. The summed E-state index contributed by atoms with van der Waals surface area (Å²) in [6, 6.07) is 0.473. The van der Waals surface area contributed by atoms with Gasteiger partial charge in [0, 0.05) is 12.0 Å². The molecular formula is C14H24N2O. The van der Waals surface area contributed by atoms with Crippen LogP contribution in [-0.2, 0) is 6.54 Å². The third-order valence-corrected chi connectivity index (χ3v) is 3.65. The lowest BCUT2D eigenvalue weighted by Crippen LogP contribution is -2.21. The first kappa shape index (κ1) is 12.6. The van der Waals surface area contributed by atoms with Gasteiger partial charge >= 0.3 is 0 Å². The average molecular weight is 236 g/mol. The molecule has 3 heteroatoms. The number of oxazole rings is 1. The summed E-state index contributed by atoms with van der Waals surface area (Å²) in [6.07, 6.45) is 7.09. The molecule has 0 bridgehead atoms. The molecule has 1 fully saturated rings. The molecule has 2 rings (SSSR count). The van der Waals surface area contributed by atoms with Crippen molar-refractivity contribution >= 4 is 0 Å². The van der Waals surface area contributed by atoms with E-state index in [0.29, 0.717) is 12.0 Å². The molecule has 0 radical (unpaired) electrons. The van der Waals surface area contributed by atoms with Crippen LogP contribution in [0, 0.1) is 5.92 Å². The predicted molar refractivity (Wildman–Crippen MR) is 68.9 cm³/mol. The zero-order valence-electron chi connectivity index (χ0n) is 11.2. The van der Waals surface area contributed by atoms with Crippen molar-refractivity contribution in [2.45, 2.75) is 65.0 Å². The van der Waals surface area contributed by atoms with Crippen LogP contribution in [0.25, 0.3) is 0 Å². The second kappa shape index (κ2) is 5.67. The highest BCUT2D eigenvalue weighted by atomic mass is 16.4. The number of aromatic nitrogens is 1. The van der Waals surface area contributed by atoms with Gasteiger partial charge in [-0.2, -0.15) is 0 Å². The number of nitrogens with one attached hydrogen (secondary N) is 1. The number of hydrogen-bond acceptors (Lipinski definition) is 3. The van der Waals surface area contributed by atoms with Crippen molar-refractivity contribution in [3.63, 3.8) is 0 Å². The first-order chi connectivity index (χ1) is 8.15. The third kappa shape index (κ3) is 3.56. The van der Waals surface area contributed by atoms with Gasteiger partial charge in [0.1, 0.15) is 5.76 Å². The highest BCUT2D eigenvalue weighted by Crippen LogP contribution is 2.35. The van der Waals surface area contributed by atoms with E-state index in [1.54, 1.807) is 0 Å². The van der Waals surface area contributed by atoms with Gasteiger partial charge in [-0.3, -0.25) is 0 Å². The summed E-state index contributed by atoms with van der Waals surface area (Å²) in [4.78, 5) is 4.35. The molecule has 0 saturated heterocycles. The highest BCUT2D eigenvalue weighted by molar-refractivity contribution is 5.03. The van der Waals surface area contributed by atoms with Gasteiger partial charge < -0.3 is 9.73 Å². The Morgan fingerprint density at radius 3 is 2.71 bits per heavy atom. The predicted octanol–water partition coefficient (Wildman–Crippen LogP) is 3.47. The zero-order chi connectivity index (χ0) is 12.3. The second-order valence-corrected chi connectivity index (χ2v) is 5.65. The molecule has 0 aliphatic heterocycles. The summed E-state index contributed by atoms with van der Waals surface area (Å²) in [5, 5.41) is 3.33. The van der Waals surface area contributed by atoms with Crippen molar-refractivity contribution in [2.75, 3.05) is 0 Å². The quantitative estimate of drug-likeness (QED) is 0.870. The number of nitrogens with zero attached hydrogens (tertiary/aromatic N) is 1. The van der Waals surface area contributed by atoms with Crippen molar-refractivity contribution in [3.05, 3.63) is 17.8 Å². The Morgan fingerprint density at radius 2 is 2.06 bits per heavy atom. The van der Waals surface area contributed by atoms with Crippen LogP contribution in [0.2, 0.25) is 0 Å². The van der Waals surface area contributed by atoms with Crippen LogP contribution < -0.4 is 5.32 Å².